The fraction of sp³-hybridized carbons (Fsp3) is 0.469. The molecule has 43 heavy (non-hydrogen) atoms. The lowest BCUT2D eigenvalue weighted by Gasteiger charge is -2.34. The van der Waals surface area contributed by atoms with Gasteiger partial charge in [0.1, 0.15) is 18.9 Å². The molecule has 4 amide bonds. The molecular weight excluding hydrogens is 552 g/mol. The van der Waals surface area contributed by atoms with Crippen molar-refractivity contribution in [2.45, 2.75) is 78.1 Å². The van der Waals surface area contributed by atoms with Gasteiger partial charge in [-0.25, -0.2) is 9.69 Å². The van der Waals surface area contributed by atoms with E-state index in [2.05, 4.69) is 10.6 Å². The molecule has 2 unspecified atom stereocenters. The second-order valence-electron chi connectivity index (χ2n) is 10.9. The number of nitrogens with two attached hydrogens (primary N) is 1. The maximum atomic E-state index is 13.2. The fourth-order valence-corrected chi connectivity index (χ4v) is 4.38. The normalized spacial score (nSPS) is 14.4. The molecule has 5 N–H and O–H groups in total. The van der Waals surface area contributed by atoms with Gasteiger partial charge in [-0.3, -0.25) is 14.4 Å². The van der Waals surface area contributed by atoms with Crippen LogP contribution in [0.15, 0.2) is 54.6 Å². The first-order valence-electron chi connectivity index (χ1n) is 14.5. The zero-order valence-corrected chi connectivity index (χ0v) is 25.4. The molecular formula is C32H44N4O7. The maximum absolute atomic E-state index is 13.2. The molecule has 0 bridgehead atoms. The van der Waals surface area contributed by atoms with E-state index >= 15 is 0 Å². The maximum Gasteiger partial charge on any atom is 0.417 e. The highest BCUT2D eigenvalue weighted by atomic mass is 16.6. The Kier molecular flexibility index (Phi) is 14.0. The highest BCUT2D eigenvalue weighted by Gasteiger charge is 2.38. The van der Waals surface area contributed by atoms with Crippen LogP contribution in [-0.2, 0) is 30.5 Å². The number of rotatable bonds is 16. The Hall–Kier alpha value is -4.09. The summed E-state index contributed by atoms with van der Waals surface area (Å²) in [5.41, 5.74) is 7.00. The second-order valence-corrected chi connectivity index (χ2v) is 10.9. The molecule has 2 aromatic carbocycles. The van der Waals surface area contributed by atoms with Crippen molar-refractivity contribution in [2.24, 2.45) is 11.1 Å². The van der Waals surface area contributed by atoms with Gasteiger partial charge < -0.3 is 31.0 Å². The van der Waals surface area contributed by atoms with E-state index in [1.54, 1.807) is 12.1 Å². The molecule has 4 atom stereocenters. The van der Waals surface area contributed by atoms with E-state index in [9.17, 15) is 29.1 Å². The molecule has 11 nitrogen and oxygen atoms in total. The molecule has 2 rings (SSSR count). The van der Waals surface area contributed by atoms with Gasteiger partial charge in [0.2, 0.25) is 17.7 Å². The fourth-order valence-electron chi connectivity index (χ4n) is 4.38. The minimum atomic E-state index is -1.34. The number of unbranched alkanes of at least 4 members (excludes halogenated alkanes) is 2. The van der Waals surface area contributed by atoms with E-state index in [0.29, 0.717) is 23.2 Å². The van der Waals surface area contributed by atoms with Crippen LogP contribution in [0.1, 0.15) is 58.9 Å². The summed E-state index contributed by atoms with van der Waals surface area (Å²) < 4.78 is 5.50. The Morgan fingerprint density at radius 1 is 1.05 bits per heavy atom. The van der Waals surface area contributed by atoms with E-state index in [-0.39, 0.29) is 25.5 Å². The van der Waals surface area contributed by atoms with Crippen molar-refractivity contribution in [3.63, 3.8) is 0 Å². The van der Waals surface area contributed by atoms with Crippen molar-refractivity contribution in [3.05, 3.63) is 60.2 Å². The van der Waals surface area contributed by atoms with Crippen molar-refractivity contribution in [1.29, 1.82) is 0 Å². The molecule has 0 aliphatic rings. The minimum absolute atomic E-state index is 0.164. The first-order chi connectivity index (χ1) is 20.5. The number of nitrogens with zero attached hydrogens (tertiary/aromatic N) is 1. The molecule has 0 radical (unpaired) electrons. The zero-order valence-electron chi connectivity index (χ0n) is 25.4. The third kappa shape index (κ3) is 10.0. The van der Waals surface area contributed by atoms with Gasteiger partial charge in [0, 0.05) is 18.4 Å². The number of ether oxygens (including phenoxy) is 1. The van der Waals surface area contributed by atoms with Crippen LogP contribution in [0.3, 0.4) is 0 Å². The average molecular weight is 597 g/mol. The van der Waals surface area contributed by atoms with Crippen LogP contribution in [-0.4, -0.2) is 71.4 Å². The van der Waals surface area contributed by atoms with Gasteiger partial charge in [-0.2, -0.15) is 0 Å². The number of imide groups is 1. The molecule has 11 heteroatoms. The number of carbonyl (C=O) groups is 5. The van der Waals surface area contributed by atoms with Gasteiger partial charge in [0.25, 0.3) is 0 Å². The number of aliphatic hydroxyl groups excluding tert-OH is 1. The van der Waals surface area contributed by atoms with Crippen LogP contribution in [0, 0.1) is 5.41 Å². The van der Waals surface area contributed by atoms with Gasteiger partial charge >= 0.3 is 6.09 Å². The highest BCUT2D eigenvalue weighted by molar-refractivity contribution is 5.99. The number of nitrogens with one attached hydrogen (secondary N) is 2. The van der Waals surface area contributed by atoms with Crippen LogP contribution < -0.4 is 16.4 Å². The topological polar surface area (TPSA) is 168 Å². The van der Waals surface area contributed by atoms with Crippen LogP contribution >= 0.6 is 0 Å². The van der Waals surface area contributed by atoms with Gasteiger partial charge in [-0.1, -0.05) is 81.3 Å². The van der Waals surface area contributed by atoms with Crippen molar-refractivity contribution >= 4 is 30.1 Å². The first kappa shape index (κ1) is 35.1. The predicted molar refractivity (Wildman–Crippen MR) is 162 cm³/mol. The lowest BCUT2D eigenvalue weighted by Crippen LogP contribution is -2.58. The standard InChI is InChI=1S/C32H44N4O7/c1-5-6-8-17-28(39)35-27(18-37)32(4,21-38)20-34-29(40)23(3)36(30(41)22(2)33)31(42)43-19-25-15-11-12-16-26(25)24-13-9-7-10-14-24/h7,9-16,18,22-23,27,38H,5-6,8,17,19-21,33H2,1-4H3,(H,34,40)(H,35,39)/t22-,23-,27?,32?/m0/s1. The molecule has 2 aromatic rings. The predicted octanol–water partition coefficient (Wildman–Crippen LogP) is 2.93. The van der Waals surface area contributed by atoms with Crippen LogP contribution in [0.25, 0.3) is 11.1 Å². The van der Waals surface area contributed by atoms with Gasteiger partial charge in [-0.15, -0.1) is 0 Å². The van der Waals surface area contributed by atoms with E-state index in [4.69, 9.17) is 10.5 Å². The van der Waals surface area contributed by atoms with E-state index in [0.717, 1.165) is 24.0 Å². The third-order valence-electron chi connectivity index (χ3n) is 7.28. The van der Waals surface area contributed by atoms with Crippen molar-refractivity contribution in [2.75, 3.05) is 13.2 Å². The number of hydrogen-bond acceptors (Lipinski definition) is 8. The van der Waals surface area contributed by atoms with Gasteiger partial charge in [0.15, 0.2) is 0 Å². The Morgan fingerprint density at radius 2 is 1.70 bits per heavy atom. The second kappa shape index (κ2) is 17.1. The Labute approximate surface area is 253 Å². The minimum Gasteiger partial charge on any atom is -0.444 e. The summed E-state index contributed by atoms with van der Waals surface area (Å²) in [6.07, 6.45) is 2.15. The molecule has 0 aromatic heterocycles. The summed E-state index contributed by atoms with van der Waals surface area (Å²) >= 11 is 0. The van der Waals surface area contributed by atoms with Crippen LogP contribution in [0.5, 0.6) is 0 Å². The van der Waals surface area contributed by atoms with Gasteiger partial charge in [-0.05, 0) is 37.0 Å². The number of aliphatic hydroxyl groups is 1. The molecule has 0 spiro atoms. The Bertz CT molecular complexity index is 1240. The monoisotopic (exact) mass is 596 g/mol. The molecule has 0 saturated heterocycles. The van der Waals surface area contributed by atoms with Crippen molar-refractivity contribution in [1.82, 2.24) is 15.5 Å². The Morgan fingerprint density at radius 3 is 2.30 bits per heavy atom. The highest BCUT2D eigenvalue weighted by Crippen LogP contribution is 2.24. The van der Waals surface area contributed by atoms with Crippen LogP contribution in [0.4, 0.5) is 4.79 Å². The molecule has 0 aliphatic carbocycles. The number of hydrogen-bond donors (Lipinski definition) is 4. The molecule has 0 fully saturated rings. The summed E-state index contributed by atoms with van der Waals surface area (Å²) in [6.45, 7) is 5.34. The third-order valence-corrected chi connectivity index (χ3v) is 7.28. The largest absolute Gasteiger partial charge is 0.444 e. The quantitative estimate of drug-likeness (QED) is 0.169. The lowest BCUT2D eigenvalue weighted by atomic mass is 9.83. The van der Waals surface area contributed by atoms with E-state index in [1.807, 2.05) is 49.4 Å². The van der Waals surface area contributed by atoms with Crippen molar-refractivity contribution in [3.8, 4) is 11.1 Å². The molecule has 234 valence electrons. The van der Waals surface area contributed by atoms with Crippen LogP contribution in [0.2, 0.25) is 0 Å². The number of carbonyl (C=O) groups excluding carboxylic acids is 5. The Balaban J connectivity index is 2.14. The summed E-state index contributed by atoms with van der Waals surface area (Å²) in [7, 11) is 0. The smallest absolute Gasteiger partial charge is 0.417 e. The molecule has 0 aliphatic heterocycles. The van der Waals surface area contributed by atoms with Crippen molar-refractivity contribution < 1.29 is 33.8 Å². The van der Waals surface area contributed by atoms with E-state index < -0.39 is 48.1 Å². The molecule has 0 heterocycles. The summed E-state index contributed by atoms with van der Waals surface area (Å²) in [5, 5.41) is 15.3. The molecule has 0 saturated carbocycles. The van der Waals surface area contributed by atoms with E-state index in [1.165, 1.54) is 20.8 Å². The summed E-state index contributed by atoms with van der Waals surface area (Å²) in [5.74, 6) is -1.90. The average Bonchev–Trinajstić information content (AvgIpc) is 3.01. The van der Waals surface area contributed by atoms with Gasteiger partial charge in [0.05, 0.1) is 18.7 Å². The lowest BCUT2D eigenvalue weighted by molar-refractivity contribution is -0.139. The SMILES string of the molecule is CCCCCC(=O)NC(C=O)C(C)(CO)CNC(=O)[C@H](C)N(C(=O)OCc1ccccc1-c1ccccc1)C(=O)[C@H](C)N. The number of aldehydes is 1. The number of amides is 4. The first-order valence-corrected chi connectivity index (χ1v) is 14.5. The zero-order chi connectivity index (χ0) is 32.0. The summed E-state index contributed by atoms with van der Waals surface area (Å²) in [4.78, 5) is 64.2. The summed E-state index contributed by atoms with van der Waals surface area (Å²) in [6, 6.07) is 13.3. The number of benzene rings is 2.